The highest BCUT2D eigenvalue weighted by atomic mass is 16.6. The molecule has 9 nitrogen and oxygen atoms in total. The summed E-state index contributed by atoms with van der Waals surface area (Å²) in [6.45, 7) is 6.90. The quantitative estimate of drug-likeness (QED) is 0.385. The van der Waals surface area contributed by atoms with Gasteiger partial charge < -0.3 is 21.5 Å². The number of ether oxygens (including phenoxy) is 1. The van der Waals surface area contributed by atoms with E-state index in [0.717, 1.165) is 18.4 Å². The predicted molar refractivity (Wildman–Crippen MR) is 124 cm³/mol. The number of pyridine rings is 2. The standard InChI is InChI=1S/C23H26N6O3/c1-13(2)32-23(31)28-18-10-19(14(3)27-12-18)20(25)8-17(11-24)16-6-7-26-21(9-16)29-22(30)15-4-5-15/h6-12,15H,1,4-5,24-25H2,2-3H3,(H,28,31)(H,26,29,30)/b17-11+,20-8-. The monoisotopic (exact) mass is 434 g/mol. The number of aromatic nitrogens is 2. The van der Waals surface area contributed by atoms with Gasteiger partial charge in [0.05, 0.1) is 17.6 Å². The number of allylic oxidation sites excluding steroid dienone is 3. The van der Waals surface area contributed by atoms with E-state index >= 15 is 0 Å². The zero-order valence-corrected chi connectivity index (χ0v) is 18.0. The van der Waals surface area contributed by atoms with Crippen LogP contribution in [0.25, 0.3) is 11.3 Å². The Morgan fingerprint density at radius 1 is 1.25 bits per heavy atom. The van der Waals surface area contributed by atoms with Crippen molar-refractivity contribution >= 4 is 34.8 Å². The number of nitrogens with zero attached hydrogens (tertiary/aromatic N) is 2. The third kappa shape index (κ3) is 5.94. The molecule has 166 valence electrons. The molecule has 1 aliphatic carbocycles. The van der Waals surface area contributed by atoms with Crippen LogP contribution in [0.2, 0.25) is 0 Å². The van der Waals surface area contributed by atoms with Crippen LogP contribution in [0.3, 0.4) is 0 Å². The van der Waals surface area contributed by atoms with E-state index in [2.05, 4.69) is 27.2 Å². The number of amides is 2. The zero-order chi connectivity index (χ0) is 23.3. The maximum atomic E-state index is 12.0. The molecule has 1 aliphatic rings. The first kappa shape index (κ1) is 22.5. The topological polar surface area (TPSA) is 145 Å². The molecule has 0 aromatic carbocycles. The summed E-state index contributed by atoms with van der Waals surface area (Å²) in [6.07, 6.45) is 7.36. The van der Waals surface area contributed by atoms with Crippen LogP contribution in [-0.4, -0.2) is 22.0 Å². The van der Waals surface area contributed by atoms with Gasteiger partial charge in [-0.3, -0.25) is 15.1 Å². The molecular formula is C23H26N6O3. The molecule has 0 atom stereocenters. The van der Waals surface area contributed by atoms with Gasteiger partial charge in [-0.1, -0.05) is 6.58 Å². The van der Waals surface area contributed by atoms with Gasteiger partial charge in [0.25, 0.3) is 0 Å². The average molecular weight is 435 g/mol. The van der Waals surface area contributed by atoms with Crippen LogP contribution in [0.15, 0.2) is 55.2 Å². The lowest BCUT2D eigenvalue weighted by Gasteiger charge is -2.11. The van der Waals surface area contributed by atoms with Gasteiger partial charge in [-0.15, -0.1) is 0 Å². The first-order chi connectivity index (χ1) is 15.3. The van der Waals surface area contributed by atoms with E-state index in [9.17, 15) is 9.59 Å². The van der Waals surface area contributed by atoms with Crippen LogP contribution in [0, 0.1) is 12.8 Å². The van der Waals surface area contributed by atoms with Crippen molar-refractivity contribution in [1.29, 1.82) is 0 Å². The molecule has 1 fully saturated rings. The largest absolute Gasteiger partial charge is 0.416 e. The number of aryl methyl sites for hydroxylation is 1. The van der Waals surface area contributed by atoms with Crippen molar-refractivity contribution in [2.75, 3.05) is 10.6 Å². The highest BCUT2D eigenvalue weighted by molar-refractivity contribution is 5.94. The lowest BCUT2D eigenvalue weighted by molar-refractivity contribution is -0.117. The van der Waals surface area contributed by atoms with E-state index < -0.39 is 6.09 Å². The number of rotatable bonds is 7. The summed E-state index contributed by atoms with van der Waals surface area (Å²) in [5.41, 5.74) is 15.7. The van der Waals surface area contributed by atoms with E-state index in [-0.39, 0.29) is 17.6 Å². The lowest BCUT2D eigenvalue weighted by Crippen LogP contribution is -2.14. The van der Waals surface area contributed by atoms with Crippen molar-refractivity contribution in [2.24, 2.45) is 17.4 Å². The van der Waals surface area contributed by atoms with Crippen LogP contribution in [0.5, 0.6) is 0 Å². The molecule has 0 spiro atoms. The van der Waals surface area contributed by atoms with Gasteiger partial charge in [0.2, 0.25) is 5.91 Å². The minimum atomic E-state index is -0.670. The second-order valence-corrected chi connectivity index (χ2v) is 7.49. The van der Waals surface area contributed by atoms with Crippen molar-refractivity contribution in [3.63, 3.8) is 0 Å². The minimum absolute atomic E-state index is 0.0285. The second-order valence-electron chi connectivity index (χ2n) is 7.49. The van der Waals surface area contributed by atoms with Gasteiger partial charge in [-0.2, -0.15) is 0 Å². The number of nitrogens with two attached hydrogens (primary N) is 2. The highest BCUT2D eigenvalue weighted by Crippen LogP contribution is 2.30. The molecule has 0 saturated heterocycles. The Labute approximate surface area is 186 Å². The molecule has 3 rings (SSSR count). The smallest absolute Gasteiger partial charge is 0.416 e. The highest BCUT2D eigenvalue weighted by Gasteiger charge is 2.29. The van der Waals surface area contributed by atoms with Gasteiger partial charge >= 0.3 is 6.09 Å². The van der Waals surface area contributed by atoms with Crippen molar-refractivity contribution in [3.05, 3.63) is 72.0 Å². The summed E-state index contributed by atoms with van der Waals surface area (Å²) in [5, 5.41) is 5.40. The van der Waals surface area contributed by atoms with Crippen molar-refractivity contribution in [3.8, 4) is 0 Å². The average Bonchev–Trinajstić information content (AvgIpc) is 3.58. The zero-order valence-electron chi connectivity index (χ0n) is 18.0. The van der Waals surface area contributed by atoms with Crippen LogP contribution in [0.4, 0.5) is 16.3 Å². The van der Waals surface area contributed by atoms with E-state index in [1.807, 2.05) is 0 Å². The molecule has 2 aromatic heterocycles. The molecule has 0 bridgehead atoms. The molecule has 0 radical (unpaired) electrons. The summed E-state index contributed by atoms with van der Waals surface area (Å²) >= 11 is 0. The predicted octanol–water partition coefficient (Wildman–Crippen LogP) is 3.52. The Bertz CT molecular complexity index is 1120. The van der Waals surface area contributed by atoms with Crippen molar-refractivity contribution in [1.82, 2.24) is 9.97 Å². The Balaban J connectivity index is 1.82. The maximum absolute atomic E-state index is 12.0. The van der Waals surface area contributed by atoms with Crippen LogP contribution < -0.4 is 22.1 Å². The molecule has 1 saturated carbocycles. The van der Waals surface area contributed by atoms with E-state index in [4.69, 9.17) is 16.2 Å². The Kier molecular flexibility index (Phi) is 6.89. The first-order valence-corrected chi connectivity index (χ1v) is 10.0. The number of anilines is 2. The SMILES string of the molecule is C=C(C)OC(=O)Nc1cnc(C)c(/C(N)=C/C(=C\N)c2ccnc(NC(=O)C3CC3)c2)c1. The summed E-state index contributed by atoms with van der Waals surface area (Å²) in [4.78, 5) is 32.3. The maximum Gasteiger partial charge on any atom is 0.416 e. The van der Waals surface area contributed by atoms with Gasteiger partial charge in [0.1, 0.15) is 5.82 Å². The van der Waals surface area contributed by atoms with Gasteiger partial charge in [0, 0.05) is 35.3 Å². The van der Waals surface area contributed by atoms with E-state index in [1.54, 1.807) is 44.3 Å². The normalized spacial score (nSPS) is 13.9. The molecule has 0 aliphatic heterocycles. The third-order valence-corrected chi connectivity index (χ3v) is 4.69. The molecule has 32 heavy (non-hydrogen) atoms. The molecule has 2 heterocycles. The van der Waals surface area contributed by atoms with E-state index in [1.165, 1.54) is 12.4 Å². The fourth-order valence-corrected chi connectivity index (χ4v) is 2.92. The van der Waals surface area contributed by atoms with Gasteiger partial charge in [0.15, 0.2) is 0 Å². The summed E-state index contributed by atoms with van der Waals surface area (Å²) in [7, 11) is 0. The van der Waals surface area contributed by atoms with E-state index in [0.29, 0.717) is 34.0 Å². The summed E-state index contributed by atoms with van der Waals surface area (Å²) in [6, 6.07) is 5.20. The van der Waals surface area contributed by atoms with Crippen molar-refractivity contribution < 1.29 is 14.3 Å². The van der Waals surface area contributed by atoms with Crippen LogP contribution >= 0.6 is 0 Å². The molecule has 6 N–H and O–H groups in total. The first-order valence-electron chi connectivity index (χ1n) is 10.0. The van der Waals surface area contributed by atoms with Crippen LogP contribution in [-0.2, 0) is 9.53 Å². The summed E-state index contributed by atoms with van der Waals surface area (Å²) < 4.78 is 4.90. The number of carbonyl (C=O) groups excluding carboxylic acids is 2. The summed E-state index contributed by atoms with van der Waals surface area (Å²) in [5.74, 6) is 0.763. The number of hydrogen-bond donors (Lipinski definition) is 4. The lowest BCUT2D eigenvalue weighted by atomic mass is 10.0. The number of nitrogens with one attached hydrogen (secondary N) is 2. The molecule has 0 unspecified atom stereocenters. The molecule has 9 heteroatoms. The minimum Gasteiger partial charge on any atom is -0.416 e. The Hall–Kier alpha value is -4.14. The third-order valence-electron chi connectivity index (χ3n) is 4.69. The number of carbonyl (C=O) groups is 2. The Morgan fingerprint density at radius 2 is 2.00 bits per heavy atom. The molecule has 2 aromatic rings. The van der Waals surface area contributed by atoms with Gasteiger partial charge in [-0.05, 0) is 62.1 Å². The molecular weight excluding hydrogens is 408 g/mol. The van der Waals surface area contributed by atoms with Crippen molar-refractivity contribution in [2.45, 2.75) is 26.7 Å². The molecule has 2 amide bonds. The number of hydrogen-bond acceptors (Lipinski definition) is 7. The van der Waals surface area contributed by atoms with Gasteiger partial charge in [-0.25, -0.2) is 9.78 Å². The Morgan fingerprint density at radius 3 is 2.66 bits per heavy atom. The fraction of sp³-hybridized carbons (Fsp3) is 0.217. The van der Waals surface area contributed by atoms with Crippen LogP contribution in [0.1, 0.15) is 36.6 Å². The second kappa shape index (κ2) is 9.78. The fourth-order valence-electron chi connectivity index (χ4n) is 2.92.